The van der Waals surface area contributed by atoms with Crippen molar-refractivity contribution in [2.75, 3.05) is 0 Å². The summed E-state index contributed by atoms with van der Waals surface area (Å²) in [5.41, 5.74) is 0. The number of carbonyl (C=O) groups is 1. The van der Waals surface area contributed by atoms with Gasteiger partial charge in [0.25, 0.3) is 0 Å². The van der Waals surface area contributed by atoms with E-state index >= 15 is 0 Å². The minimum absolute atomic E-state index is 0.0244. The Morgan fingerprint density at radius 1 is 1.53 bits per heavy atom. The molecule has 0 aromatic carbocycles. The largest absolute Gasteiger partial charge is 0.477 e. The van der Waals surface area contributed by atoms with Crippen molar-refractivity contribution in [2.45, 2.75) is 30.2 Å². The molecule has 6 nitrogen and oxygen atoms in total. The van der Waals surface area contributed by atoms with E-state index in [1.54, 1.807) is 0 Å². The van der Waals surface area contributed by atoms with Gasteiger partial charge in [-0.1, -0.05) is 6.42 Å². The van der Waals surface area contributed by atoms with E-state index in [0.29, 0.717) is 12.8 Å². The Morgan fingerprint density at radius 2 is 2.26 bits per heavy atom. The van der Waals surface area contributed by atoms with E-state index < -0.39 is 16.0 Å². The monoisotopic (exact) mass is 300 g/mol. The van der Waals surface area contributed by atoms with E-state index in [9.17, 15) is 13.2 Å². The molecule has 8 heteroatoms. The van der Waals surface area contributed by atoms with Gasteiger partial charge >= 0.3 is 5.97 Å². The maximum Gasteiger partial charge on any atom is 0.345 e. The molecular weight excluding hydrogens is 288 g/mol. The predicted molar refractivity (Wildman–Crippen MR) is 68.3 cm³/mol. The Balaban J connectivity index is 2.18. The van der Waals surface area contributed by atoms with E-state index in [4.69, 9.17) is 10.4 Å². The van der Waals surface area contributed by atoms with Crippen LogP contribution in [-0.4, -0.2) is 25.5 Å². The quantitative estimate of drug-likeness (QED) is 0.874. The Hall–Kier alpha value is -1.43. The molecule has 1 aliphatic rings. The number of sulfonamides is 1. The maximum absolute atomic E-state index is 12.1. The number of nitriles is 1. The van der Waals surface area contributed by atoms with Crippen molar-refractivity contribution in [3.63, 3.8) is 0 Å². The Kier molecular flexibility index (Phi) is 3.89. The minimum Gasteiger partial charge on any atom is -0.477 e. The second kappa shape index (κ2) is 5.28. The Labute approximate surface area is 114 Å². The van der Waals surface area contributed by atoms with Gasteiger partial charge in [0.2, 0.25) is 10.0 Å². The molecule has 0 bridgehead atoms. The van der Waals surface area contributed by atoms with E-state index in [1.165, 1.54) is 5.38 Å². The molecule has 2 N–H and O–H groups in total. The van der Waals surface area contributed by atoms with Gasteiger partial charge in [-0.2, -0.15) is 5.26 Å². The average molecular weight is 300 g/mol. The zero-order valence-corrected chi connectivity index (χ0v) is 11.5. The summed E-state index contributed by atoms with van der Waals surface area (Å²) < 4.78 is 26.6. The van der Waals surface area contributed by atoms with Crippen molar-refractivity contribution >= 4 is 27.3 Å². The van der Waals surface area contributed by atoms with Crippen LogP contribution in [0.5, 0.6) is 0 Å². The first kappa shape index (κ1) is 14.0. The van der Waals surface area contributed by atoms with E-state index in [1.807, 2.05) is 0 Å². The lowest BCUT2D eigenvalue weighted by Crippen LogP contribution is -2.36. The van der Waals surface area contributed by atoms with Crippen LogP contribution in [0.15, 0.2) is 16.3 Å². The van der Waals surface area contributed by atoms with Crippen molar-refractivity contribution in [1.29, 1.82) is 5.26 Å². The van der Waals surface area contributed by atoms with E-state index in [2.05, 4.69) is 10.8 Å². The molecule has 0 spiro atoms. The number of carboxylic acids is 1. The highest BCUT2D eigenvalue weighted by atomic mass is 32.2. The first-order valence-corrected chi connectivity index (χ1v) is 8.04. The molecule has 1 aliphatic carbocycles. The van der Waals surface area contributed by atoms with Crippen LogP contribution in [0.25, 0.3) is 0 Å². The fourth-order valence-corrected chi connectivity index (χ4v) is 4.52. The van der Waals surface area contributed by atoms with Crippen LogP contribution in [0.3, 0.4) is 0 Å². The Bertz CT molecular complexity index is 629. The topological polar surface area (TPSA) is 107 Å². The zero-order valence-electron chi connectivity index (χ0n) is 9.87. The minimum atomic E-state index is -3.75. The predicted octanol–water partition coefficient (Wildman–Crippen LogP) is 1.42. The summed E-state index contributed by atoms with van der Waals surface area (Å²) >= 11 is 0.865. The molecule has 1 heterocycles. The van der Waals surface area contributed by atoms with Gasteiger partial charge in [0.15, 0.2) is 0 Å². The second-order valence-corrected chi connectivity index (χ2v) is 6.97. The number of nitrogens with one attached hydrogen (secondary N) is 1. The molecule has 2 unspecified atom stereocenters. The number of rotatable bonds is 4. The van der Waals surface area contributed by atoms with Crippen LogP contribution in [0, 0.1) is 17.2 Å². The van der Waals surface area contributed by atoms with Gasteiger partial charge in [-0.3, -0.25) is 0 Å². The highest BCUT2D eigenvalue weighted by molar-refractivity contribution is 7.89. The highest BCUT2D eigenvalue weighted by Gasteiger charge is 2.31. The van der Waals surface area contributed by atoms with Crippen LogP contribution in [0.2, 0.25) is 0 Å². The van der Waals surface area contributed by atoms with E-state index in [-0.39, 0.29) is 21.7 Å². The van der Waals surface area contributed by atoms with Crippen LogP contribution in [0.4, 0.5) is 0 Å². The lowest BCUT2D eigenvalue weighted by atomic mass is 10.1. The van der Waals surface area contributed by atoms with Crippen molar-refractivity contribution in [3.05, 3.63) is 16.3 Å². The standard InChI is InChI=1S/C11H12N2O4S2/c12-5-7-2-1-3-9(7)13-19(16,17)8-4-10(11(14)15)18-6-8/h4,6-7,9,13H,1-3H2,(H,14,15). The number of carboxylic acid groups (broad SMARTS) is 1. The summed E-state index contributed by atoms with van der Waals surface area (Å²) in [6.07, 6.45) is 2.14. The summed E-state index contributed by atoms with van der Waals surface area (Å²) in [4.78, 5) is 10.7. The lowest BCUT2D eigenvalue weighted by molar-refractivity contribution is 0.0702. The van der Waals surface area contributed by atoms with Crippen LogP contribution < -0.4 is 4.72 Å². The van der Waals surface area contributed by atoms with Gasteiger partial charge in [-0.15, -0.1) is 11.3 Å². The molecule has 1 fully saturated rings. The first-order valence-electron chi connectivity index (χ1n) is 5.68. The number of thiophene rings is 1. The highest BCUT2D eigenvalue weighted by Crippen LogP contribution is 2.27. The fraction of sp³-hybridized carbons (Fsp3) is 0.455. The molecule has 0 aliphatic heterocycles. The van der Waals surface area contributed by atoms with Crippen molar-refractivity contribution < 1.29 is 18.3 Å². The normalized spacial score (nSPS) is 23.1. The third-order valence-electron chi connectivity index (χ3n) is 3.08. The molecule has 0 saturated heterocycles. The molecule has 0 radical (unpaired) electrons. The molecule has 1 aromatic rings. The molecule has 102 valence electrons. The SMILES string of the molecule is N#CC1CCCC1NS(=O)(=O)c1csc(C(=O)O)c1. The third kappa shape index (κ3) is 2.94. The lowest BCUT2D eigenvalue weighted by Gasteiger charge is -2.14. The smallest absolute Gasteiger partial charge is 0.345 e. The van der Waals surface area contributed by atoms with Crippen LogP contribution in [-0.2, 0) is 10.0 Å². The summed E-state index contributed by atoms with van der Waals surface area (Å²) in [6.45, 7) is 0. The van der Waals surface area contributed by atoms with Gasteiger partial charge in [0, 0.05) is 11.4 Å². The molecule has 1 aromatic heterocycles. The number of aromatic carboxylic acids is 1. The van der Waals surface area contributed by atoms with Gasteiger partial charge < -0.3 is 5.11 Å². The summed E-state index contributed by atoms with van der Waals surface area (Å²) in [6, 6.07) is 2.84. The third-order valence-corrected chi connectivity index (χ3v) is 5.62. The first-order chi connectivity index (χ1) is 8.94. The number of hydrogen-bond acceptors (Lipinski definition) is 5. The molecule has 0 amide bonds. The molecular formula is C11H12N2O4S2. The summed E-state index contributed by atoms with van der Waals surface area (Å²) in [5, 5.41) is 19.0. The van der Waals surface area contributed by atoms with Gasteiger partial charge in [-0.05, 0) is 18.9 Å². The zero-order chi connectivity index (χ0) is 14.0. The molecule has 2 atom stereocenters. The van der Waals surface area contributed by atoms with Gasteiger partial charge in [0.1, 0.15) is 4.88 Å². The maximum atomic E-state index is 12.1. The fourth-order valence-electron chi connectivity index (χ4n) is 2.09. The summed E-state index contributed by atoms with van der Waals surface area (Å²) in [7, 11) is -3.75. The Morgan fingerprint density at radius 3 is 2.84 bits per heavy atom. The number of hydrogen-bond donors (Lipinski definition) is 2. The summed E-state index contributed by atoms with van der Waals surface area (Å²) in [5.74, 6) is -1.46. The van der Waals surface area contributed by atoms with Crippen molar-refractivity contribution in [2.24, 2.45) is 5.92 Å². The van der Waals surface area contributed by atoms with Gasteiger partial charge in [0.05, 0.1) is 16.9 Å². The molecule has 1 saturated carbocycles. The van der Waals surface area contributed by atoms with Crippen molar-refractivity contribution in [3.8, 4) is 6.07 Å². The molecule has 19 heavy (non-hydrogen) atoms. The number of nitrogens with zero attached hydrogens (tertiary/aromatic N) is 1. The average Bonchev–Trinajstić information content (AvgIpc) is 2.95. The van der Waals surface area contributed by atoms with Crippen LogP contribution >= 0.6 is 11.3 Å². The van der Waals surface area contributed by atoms with Gasteiger partial charge in [-0.25, -0.2) is 17.9 Å². The van der Waals surface area contributed by atoms with E-state index in [0.717, 1.165) is 23.8 Å². The molecule has 2 rings (SSSR count). The second-order valence-electron chi connectivity index (χ2n) is 4.35. The van der Waals surface area contributed by atoms with Crippen molar-refractivity contribution in [1.82, 2.24) is 4.72 Å². The van der Waals surface area contributed by atoms with Crippen LogP contribution in [0.1, 0.15) is 28.9 Å².